The Labute approximate surface area is 118 Å². The molecule has 0 N–H and O–H groups in total. The quantitative estimate of drug-likeness (QED) is 0.626. The van der Waals surface area contributed by atoms with Gasteiger partial charge in [-0.05, 0) is 24.7 Å². The van der Waals surface area contributed by atoms with Crippen LogP contribution in [0, 0.1) is 10.1 Å². The number of hydrogen-bond donors (Lipinski definition) is 0. The van der Waals surface area contributed by atoms with Gasteiger partial charge in [0, 0.05) is 11.0 Å². The Morgan fingerprint density at radius 3 is 2.68 bits per heavy atom. The SMILES string of the molecule is CN(Cc1ccc(Br)cc1)Cn1cc([N+](=O)[O-])cn1. The van der Waals surface area contributed by atoms with Gasteiger partial charge in [0.05, 0.1) is 11.6 Å². The van der Waals surface area contributed by atoms with E-state index in [0.717, 1.165) is 11.0 Å². The highest BCUT2D eigenvalue weighted by Crippen LogP contribution is 2.12. The van der Waals surface area contributed by atoms with Crippen LogP contribution in [0.4, 0.5) is 5.69 Å². The molecule has 0 aliphatic rings. The van der Waals surface area contributed by atoms with Gasteiger partial charge in [0.15, 0.2) is 0 Å². The molecule has 0 aliphatic carbocycles. The molecule has 0 atom stereocenters. The normalized spacial score (nSPS) is 10.9. The molecule has 0 fully saturated rings. The first-order chi connectivity index (χ1) is 9.04. The summed E-state index contributed by atoms with van der Waals surface area (Å²) in [4.78, 5) is 12.1. The zero-order chi connectivity index (χ0) is 13.8. The first-order valence-electron chi connectivity index (χ1n) is 5.64. The minimum absolute atomic E-state index is 0.0111. The molecule has 100 valence electrons. The maximum Gasteiger partial charge on any atom is 0.307 e. The molecule has 6 nitrogen and oxygen atoms in total. The Hall–Kier alpha value is -1.73. The Morgan fingerprint density at radius 2 is 2.11 bits per heavy atom. The summed E-state index contributed by atoms with van der Waals surface area (Å²) in [5.74, 6) is 0. The van der Waals surface area contributed by atoms with E-state index in [9.17, 15) is 10.1 Å². The largest absolute Gasteiger partial charge is 0.307 e. The van der Waals surface area contributed by atoms with Crippen LogP contribution >= 0.6 is 15.9 Å². The Morgan fingerprint density at radius 1 is 1.42 bits per heavy atom. The topological polar surface area (TPSA) is 64.2 Å². The van der Waals surface area contributed by atoms with Crippen LogP contribution in [0.3, 0.4) is 0 Å². The third-order valence-electron chi connectivity index (χ3n) is 2.58. The minimum Gasteiger partial charge on any atom is -0.283 e. The average molecular weight is 325 g/mol. The molecule has 0 amide bonds. The van der Waals surface area contributed by atoms with E-state index in [1.54, 1.807) is 4.68 Å². The van der Waals surface area contributed by atoms with Crippen molar-refractivity contribution in [2.45, 2.75) is 13.2 Å². The molecule has 0 aliphatic heterocycles. The highest BCUT2D eigenvalue weighted by Gasteiger charge is 2.09. The van der Waals surface area contributed by atoms with E-state index in [2.05, 4.69) is 21.0 Å². The van der Waals surface area contributed by atoms with Crippen molar-refractivity contribution in [1.29, 1.82) is 0 Å². The third kappa shape index (κ3) is 3.87. The molecule has 0 unspecified atom stereocenters. The van der Waals surface area contributed by atoms with E-state index in [0.29, 0.717) is 6.67 Å². The first kappa shape index (κ1) is 13.7. The van der Waals surface area contributed by atoms with Crippen molar-refractivity contribution in [3.05, 3.63) is 56.8 Å². The van der Waals surface area contributed by atoms with E-state index in [1.165, 1.54) is 18.0 Å². The maximum atomic E-state index is 10.6. The van der Waals surface area contributed by atoms with E-state index >= 15 is 0 Å². The summed E-state index contributed by atoms with van der Waals surface area (Å²) >= 11 is 3.39. The zero-order valence-electron chi connectivity index (χ0n) is 10.4. The lowest BCUT2D eigenvalue weighted by atomic mass is 10.2. The zero-order valence-corrected chi connectivity index (χ0v) is 11.9. The summed E-state index contributed by atoms with van der Waals surface area (Å²) < 4.78 is 2.60. The molecule has 7 heteroatoms. The Bertz CT molecular complexity index is 567. The first-order valence-corrected chi connectivity index (χ1v) is 6.44. The van der Waals surface area contributed by atoms with E-state index in [4.69, 9.17) is 0 Å². The van der Waals surface area contributed by atoms with Crippen LogP contribution in [0.1, 0.15) is 5.56 Å². The summed E-state index contributed by atoms with van der Waals surface area (Å²) in [6.07, 6.45) is 2.69. The van der Waals surface area contributed by atoms with Crippen LogP contribution in [-0.2, 0) is 13.2 Å². The van der Waals surface area contributed by atoms with Crippen molar-refractivity contribution in [3.8, 4) is 0 Å². The van der Waals surface area contributed by atoms with Gasteiger partial charge < -0.3 is 0 Å². The molecule has 0 spiro atoms. The van der Waals surface area contributed by atoms with Crippen LogP contribution in [-0.4, -0.2) is 26.7 Å². The third-order valence-corrected chi connectivity index (χ3v) is 3.11. The van der Waals surface area contributed by atoms with Gasteiger partial charge >= 0.3 is 5.69 Å². The molecule has 1 aromatic heterocycles. The van der Waals surface area contributed by atoms with Gasteiger partial charge in [-0.1, -0.05) is 28.1 Å². The van der Waals surface area contributed by atoms with Crippen LogP contribution in [0.5, 0.6) is 0 Å². The van der Waals surface area contributed by atoms with Crippen molar-refractivity contribution in [1.82, 2.24) is 14.7 Å². The Kier molecular flexibility index (Phi) is 4.28. The fourth-order valence-electron chi connectivity index (χ4n) is 1.72. The Balaban J connectivity index is 1.94. The predicted molar refractivity (Wildman–Crippen MR) is 74.5 cm³/mol. The molecular formula is C12H13BrN4O2. The van der Waals surface area contributed by atoms with Gasteiger partial charge in [-0.2, -0.15) is 5.10 Å². The van der Waals surface area contributed by atoms with Crippen molar-refractivity contribution in [2.75, 3.05) is 7.05 Å². The molecule has 2 aromatic rings. The number of hydrogen-bond acceptors (Lipinski definition) is 4. The van der Waals surface area contributed by atoms with Gasteiger partial charge in [-0.15, -0.1) is 0 Å². The summed E-state index contributed by atoms with van der Waals surface area (Å²) in [5.41, 5.74) is 1.18. The van der Waals surface area contributed by atoms with Gasteiger partial charge in [0.25, 0.3) is 0 Å². The molecule has 0 bridgehead atoms. The van der Waals surface area contributed by atoms with Crippen LogP contribution < -0.4 is 0 Å². The van der Waals surface area contributed by atoms with Crippen molar-refractivity contribution in [2.24, 2.45) is 0 Å². The molecule has 1 aromatic carbocycles. The second-order valence-corrected chi connectivity index (χ2v) is 5.19. The molecule has 1 heterocycles. The second kappa shape index (κ2) is 5.94. The minimum atomic E-state index is -0.446. The van der Waals surface area contributed by atoms with Gasteiger partial charge in [-0.3, -0.25) is 19.7 Å². The molecule has 0 saturated heterocycles. The number of benzene rings is 1. The highest BCUT2D eigenvalue weighted by molar-refractivity contribution is 9.10. The number of nitrogens with zero attached hydrogens (tertiary/aromatic N) is 4. The summed E-state index contributed by atoms with van der Waals surface area (Å²) in [5, 5.41) is 14.5. The maximum absolute atomic E-state index is 10.6. The molecule has 19 heavy (non-hydrogen) atoms. The number of halogens is 1. The molecule has 2 rings (SSSR count). The fourth-order valence-corrected chi connectivity index (χ4v) is 1.99. The number of nitro groups is 1. The average Bonchev–Trinajstić information content (AvgIpc) is 2.80. The molecule has 0 radical (unpaired) electrons. The smallest absolute Gasteiger partial charge is 0.283 e. The lowest BCUT2D eigenvalue weighted by molar-refractivity contribution is -0.385. The molecular weight excluding hydrogens is 312 g/mol. The summed E-state index contributed by atoms with van der Waals surface area (Å²) in [6, 6.07) is 8.04. The number of aromatic nitrogens is 2. The van der Waals surface area contributed by atoms with Gasteiger partial charge in [0.2, 0.25) is 0 Å². The fraction of sp³-hybridized carbons (Fsp3) is 0.250. The number of rotatable bonds is 5. The van der Waals surface area contributed by atoms with Crippen LogP contribution in [0.25, 0.3) is 0 Å². The summed E-state index contributed by atoms with van der Waals surface area (Å²) in [7, 11) is 1.94. The van der Waals surface area contributed by atoms with E-state index in [-0.39, 0.29) is 5.69 Å². The van der Waals surface area contributed by atoms with Gasteiger partial charge in [0.1, 0.15) is 12.4 Å². The monoisotopic (exact) mass is 324 g/mol. The van der Waals surface area contributed by atoms with Crippen molar-refractivity contribution in [3.63, 3.8) is 0 Å². The van der Waals surface area contributed by atoms with Crippen LogP contribution in [0.15, 0.2) is 41.1 Å². The second-order valence-electron chi connectivity index (χ2n) is 4.28. The van der Waals surface area contributed by atoms with Crippen molar-refractivity contribution >= 4 is 21.6 Å². The highest BCUT2D eigenvalue weighted by atomic mass is 79.9. The summed E-state index contributed by atoms with van der Waals surface area (Å²) in [6.45, 7) is 1.25. The predicted octanol–water partition coefficient (Wildman–Crippen LogP) is 2.64. The standard InChI is InChI=1S/C12H13BrN4O2/c1-15(7-10-2-4-11(13)5-3-10)9-16-8-12(6-14-16)17(18)19/h2-6,8H,7,9H2,1H3. The van der Waals surface area contributed by atoms with E-state index in [1.807, 2.05) is 36.2 Å². The van der Waals surface area contributed by atoms with E-state index < -0.39 is 4.92 Å². The van der Waals surface area contributed by atoms with Crippen molar-refractivity contribution < 1.29 is 4.92 Å². The molecule has 0 saturated carbocycles. The lowest BCUT2D eigenvalue weighted by Gasteiger charge is -2.16. The van der Waals surface area contributed by atoms with Crippen LogP contribution in [0.2, 0.25) is 0 Å². The van der Waals surface area contributed by atoms with Gasteiger partial charge in [-0.25, -0.2) is 0 Å². The lowest BCUT2D eigenvalue weighted by Crippen LogP contribution is -2.21.